The average molecular weight is 412 g/mol. The van der Waals surface area contributed by atoms with Crippen LogP contribution in [0.4, 0.5) is 26.4 Å². The lowest BCUT2D eigenvalue weighted by Gasteiger charge is -2.16. The lowest BCUT2D eigenvalue weighted by atomic mass is 10.2. The quantitative estimate of drug-likeness (QED) is 0.509. The van der Waals surface area contributed by atoms with Crippen LogP contribution in [0.15, 0.2) is 30.3 Å². The lowest BCUT2D eigenvalue weighted by molar-refractivity contribution is 0.217. The van der Waals surface area contributed by atoms with E-state index >= 15 is 0 Å². The van der Waals surface area contributed by atoms with Crippen LogP contribution in [0.5, 0.6) is 0 Å². The van der Waals surface area contributed by atoms with E-state index in [1.54, 1.807) is 16.2 Å². The van der Waals surface area contributed by atoms with Crippen LogP contribution in [0.2, 0.25) is 0 Å². The van der Waals surface area contributed by atoms with E-state index < -0.39 is 12.3 Å². The molecule has 0 unspecified atom stereocenters. The number of H-pyrrole nitrogens is 1. The van der Waals surface area contributed by atoms with Gasteiger partial charge in [0.25, 0.3) is 0 Å². The van der Waals surface area contributed by atoms with E-state index in [9.17, 15) is 8.78 Å². The first-order chi connectivity index (χ1) is 14.2. The third kappa shape index (κ3) is 2.91. The molecular weight excluding hydrogens is 394 g/mol. The van der Waals surface area contributed by atoms with Crippen LogP contribution >= 0.6 is 11.3 Å². The number of nitrogens with zero attached hydrogens (tertiary/aromatic N) is 4. The highest BCUT2D eigenvalue weighted by Gasteiger charge is 2.35. The molecule has 0 spiro atoms. The van der Waals surface area contributed by atoms with Crippen molar-refractivity contribution in [3.05, 3.63) is 36.0 Å². The van der Waals surface area contributed by atoms with Gasteiger partial charge in [0.15, 0.2) is 24.0 Å². The zero-order valence-corrected chi connectivity index (χ0v) is 16.2. The molecule has 1 aliphatic carbocycles. The molecule has 1 saturated carbocycles. The number of fused-ring (bicyclic) bond motifs is 3. The number of hydrogen-bond acceptors (Lipinski definition) is 6. The Kier molecular flexibility index (Phi) is 3.74. The van der Waals surface area contributed by atoms with Crippen molar-refractivity contribution in [3.63, 3.8) is 0 Å². The van der Waals surface area contributed by atoms with Gasteiger partial charge < -0.3 is 10.2 Å². The van der Waals surface area contributed by atoms with E-state index in [4.69, 9.17) is 0 Å². The predicted molar refractivity (Wildman–Crippen MR) is 111 cm³/mol. The second kappa shape index (κ2) is 6.35. The maximum Gasteiger partial charge on any atom is 0.228 e. The van der Waals surface area contributed by atoms with Crippen molar-refractivity contribution in [2.75, 3.05) is 23.3 Å². The van der Waals surface area contributed by atoms with Crippen molar-refractivity contribution in [3.8, 4) is 0 Å². The number of anilines is 3. The lowest BCUT2D eigenvalue weighted by Crippen LogP contribution is -2.23. The number of nitrogens with one attached hydrogen (secondary N) is 2. The van der Waals surface area contributed by atoms with Gasteiger partial charge in [-0.05, 0) is 18.9 Å². The number of thiophene rings is 1. The van der Waals surface area contributed by atoms with E-state index in [1.807, 2.05) is 30.3 Å². The molecule has 3 aromatic heterocycles. The molecule has 4 heterocycles. The normalized spacial score (nSPS) is 22.1. The van der Waals surface area contributed by atoms with E-state index in [0.717, 1.165) is 26.0 Å². The van der Waals surface area contributed by atoms with Crippen molar-refractivity contribution in [1.82, 2.24) is 20.2 Å². The van der Waals surface area contributed by atoms with Crippen molar-refractivity contribution < 1.29 is 8.78 Å². The summed E-state index contributed by atoms with van der Waals surface area (Å²) in [5.41, 5.74) is 1.91. The fraction of sp³-hybridized carbons (Fsp3) is 0.350. The van der Waals surface area contributed by atoms with Crippen LogP contribution in [-0.4, -0.2) is 45.6 Å². The summed E-state index contributed by atoms with van der Waals surface area (Å²) < 4.78 is 29.6. The Labute approximate surface area is 169 Å². The summed E-state index contributed by atoms with van der Waals surface area (Å²) in [7, 11) is 0. The number of halogens is 2. The summed E-state index contributed by atoms with van der Waals surface area (Å²) in [6.07, 6.45) is -0.664. The van der Waals surface area contributed by atoms with Gasteiger partial charge in [-0.3, -0.25) is 5.10 Å². The minimum atomic E-state index is -1.52. The molecule has 0 radical (unpaired) electrons. The van der Waals surface area contributed by atoms with Crippen LogP contribution in [0.25, 0.3) is 20.3 Å². The maximum absolute atomic E-state index is 13.8. The minimum Gasteiger partial charge on any atom is -0.335 e. The van der Waals surface area contributed by atoms with E-state index in [-0.39, 0.29) is 13.1 Å². The fourth-order valence-corrected chi connectivity index (χ4v) is 4.91. The Morgan fingerprint density at radius 3 is 2.69 bits per heavy atom. The van der Waals surface area contributed by atoms with Crippen LogP contribution in [0, 0.1) is 0 Å². The Morgan fingerprint density at radius 1 is 1.10 bits per heavy atom. The summed E-state index contributed by atoms with van der Waals surface area (Å²) in [6.45, 7) is -0.0785. The highest BCUT2D eigenvalue weighted by atomic mass is 32.1. The Bertz CT molecular complexity index is 1210. The van der Waals surface area contributed by atoms with Gasteiger partial charge in [-0.15, -0.1) is 11.3 Å². The predicted octanol–water partition coefficient (Wildman–Crippen LogP) is 4.68. The van der Waals surface area contributed by atoms with Gasteiger partial charge in [0.2, 0.25) is 5.95 Å². The maximum atomic E-state index is 13.8. The van der Waals surface area contributed by atoms with Crippen LogP contribution in [0.3, 0.4) is 0 Å². The molecule has 29 heavy (non-hydrogen) atoms. The van der Waals surface area contributed by atoms with Gasteiger partial charge in [-0.2, -0.15) is 10.1 Å². The SMILES string of the molecule is F[C@@H]1CN(c2nc(Nc3cc(C4CC4)[nH]n3)c3sc4ccccc4c3n2)C[C@@H]1F. The zero-order valence-electron chi connectivity index (χ0n) is 15.4. The molecule has 2 aliphatic rings. The second-order valence-corrected chi connectivity index (χ2v) is 8.75. The van der Waals surface area contributed by atoms with Crippen molar-refractivity contribution >= 4 is 49.2 Å². The standard InChI is InChI=1S/C20H18F2N6S/c21-12-8-28(9-13(12)22)20-24-17-11-3-1-2-4-15(11)29-18(17)19(25-20)23-16-7-14(26-27-16)10-5-6-10/h1-4,7,10,12-13H,5-6,8-9H2,(H2,23,24,25,26,27)/t12-,13+. The molecule has 1 aliphatic heterocycles. The molecule has 2 fully saturated rings. The molecule has 2 N–H and O–H groups in total. The topological polar surface area (TPSA) is 69.7 Å². The van der Waals surface area contributed by atoms with Crippen LogP contribution < -0.4 is 10.2 Å². The highest BCUT2D eigenvalue weighted by Crippen LogP contribution is 2.41. The zero-order chi connectivity index (χ0) is 19.5. The van der Waals surface area contributed by atoms with Gasteiger partial charge >= 0.3 is 0 Å². The first-order valence-electron chi connectivity index (χ1n) is 9.70. The van der Waals surface area contributed by atoms with Gasteiger partial charge in [-0.1, -0.05) is 18.2 Å². The van der Waals surface area contributed by atoms with Crippen molar-refractivity contribution in [2.45, 2.75) is 31.1 Å². The Balaban J connectivity index is 1.47. The monoisotopic (exact) mass is 412 g/mol. The first kappa shape index (κ1) is 17.1. The minimum absolute atomic E-state index is 0.0393. The molecule has 0 amide bonds. The number of aromatic amines is 1. The van der Waals surface area contributed by atoms with E-state index in [0.29, 0.717) is 23.5 Å². The summed E-state index contributed by atoms with van der Waals surface area (Å²) >= 11 is 1.59. The van der Waals surface area contributed by atoms with Gasteiger partial charge in [0.1, 0.15) is 0 Å². The fourth-order valence-electron chi connectivity index (χ4n) is 3.82. The molecule has 148 valence electrons. The third-order valence-electron chi connectivity index (χ3n) is 5.53. The number of rotatable bonds is 4. The van der Waals surface area contributed by atoms with Gasteiger partial charge in [-0.25, -0.2) is 13.8 Å². The average Bonchev–Trinajstić information content (AvgIpc) is 3.20. The van der Waals surface area contributed by atoms with E-state index in [1.165, 1.54) is 12.8 Å². The first-order valence-corrected chi connectivity index (χ1v) is 10.5. The molecule has 9 heteroatoms. The molecular formula is C20H18F2N6S. The molecule has 4 aromatic rings. The van der Waals surface area contributed by atoms with E-state index in [2.05, 4.69) is 25.5 Å². The van der Waals surface area contributed by atoms with Crippen LogP contribution in [0.1, 0.15) is 24.5 Å². The van der Waals surface area contributed by atoms with Crippen molar-refractivity contribution in [1.29, 1.82) is 0 Å². The number of hydrogen-bond donors (Lipinski definition) is 2. The smallest absolute Gasteiger partial charge is 0.228 e. The summed E-state index contributed by atoms with van der Waals surface area (Å²) in [6, 6.07) is 9.99. The van der Waals surface area contributed by atoms with Gasteiger partial charge in [0, 0.05) is 27.8 Å². The molecule has 2 atom stereocenters. The molecule has 6 nitrogen and oxygen atoms in total. The summed E-state index contributed by atoms with van der Waals surface area (Å²) in [5, 5.41) is 11.7. The van der Waals surface area contributed by atoms with Gasteiger partial charge in [0.05, 0.1) is 23.3 Å². The summed E-state index contributed by atoms with van der Waals surface area (Å²) in [5.74, 6) is 2.20. The highest BCUT2D eigenvalue weighted by molar-refractivity contribution is 7.26. The number of benzene rings is 1. The Hall–Kier alpha value is -2.81. The Morgan fingerprint density at radius 2 is 1.90 bits per heavy atom. The number of aromatic nitrogens is 4. The molecule has 1 aromatic carbocycles. The van der Waals surface area contributed by atoms with Crippen molar-refractivity contribution in [2.24, 2.45) is 0 Å². The number of alkyl halides is 2. The third-order valence-corrected chi connectivity index (χ3v) is 6.70. The molecule has 6 rings (SSSR count). The van der Waals surface area contributed by atoms with Crippen LogP contribution in [-0.2, 0) is 0 Å². The second-order valence-electron chi connectivity index (χ2n) is 7.69. The molecule has 0 bridgehead atoms. The summed E-state index contributed by atoms with van der Waals surface area (Å²) in [4.78, 5) is 10.9. The molecule has 1 saturated heterocycles. The largest absolute Gasteiger partial charge is 0.335 e.